The number of aryl methyl sites for hydroxylation is 4. The van der Waals surface area contributed by atoms with Crippen molar-refractivity contribution in [1.82, 2.24) is 34.6 Å². The molecule has 4 bridgehead atoms. The van der Waals surface area contributed by atoms with Crippen molar-refractivity contribution >= 4 is 50.2 Å². The van der Waals surface area contributed by atoms with E-state index in [4.69, 9.17) is 14.8 Å². The number of pyridine rings is 2. The molecule has 6 heterocycles. The van der Waals surface area contributed by atoms with Gasteiger partial charge in [0.2, 0.25) is 17.7 Å². The van der Waals surface area contributed by atoms with E-state index in [2.05, 4.69) is 49.2 Å². The Morgan fingerprint density at radius 3 is 2.54 bits per heavy atom. The van der Waals surface area contributed by atoms with Gasteiger partial charge in [-0.15, -0.1) is 0 Å². The average molecular weight is 792 g/mol. The highest BCUT2D eigenvalue weighted by Gasteiger charge is 2.73. The summed E-state index contributed by atoms with van der Waals surface area (Å²) in [5, 5.41) is 8.51. The molecular weight excluding hydrogens is 748 g/mol. The molecule has 2 fully saturated rings. The zero-order chi connectivity index (χ0) is 37.7. The van der Waals surface area contributed by atoms with Gasteiger partial charge in [-0.1, -0.05) is 31.9 Å². The number of aromatic nitrogens is 6. The molecule has 4 atom stereocenters. The lowest BCUT2D eigenvalue weighted by Crippen LogP contribution is -2.47. The molecule has 0 spiro atoms. The predicted octanol–water partition coefficient (Wildman–Crippen LogP) is 6.85. The van der Waals surface area contributed by atoms with Gasteiger partial charge in [0.25, 0.3) is 0 Å². The Morgan fingerprint density at radius 1 is 0.981 bits per heavy atom. The molecule has 2 amide bonds. The molecule has 8 rings (SSSR count). The summed E-state index contributed by atoms with van der Waals surface area (Å²) in [6.45, 7) is 7.53. The van der Waals surface area contributed by atoms with Crippen molar-refractivity contribution in [2.75, 3.05) is 11.9 Å². The summed E-state index contributed by atoms with van der Waals surface area (Å²) in [5.41, 5.74) is 5.14. The van der Waals surface area contributed by atoms with Crippen LogP contribution in [0.15, 0.2) is 59.5 Å². The summed E-state index contributed by atoms with van der Waals surface area (Å²) >= 11 is 3.42. The lowest BCUT2D eigenvalue weighted by Gasteiger charge is -2.28. The Bertz CT molecular complexity index is 2290. The van der Waals surface area contributed by atoms with E-state index in [1.165, 1.54) is 6.92 Å². The highest BCUT2D eigenvalue weighted by atomic mass is 79.9. The van der Waals surface area contributed by atoms with Gasteiger partial charge in [-0.25, -0.2) is 19.9 Å². The summed E-state index contributed by atoms with van der Waals surface area (Å²) in [4.78, 5) is 62.0. The number of hydrogen-bond donors (Lipinski definition) is 1. The Morgan fingerprint density at radius 2 is 1.76 bits per heavy atom. The van der Waals surface area contributed by atoms with Crippen molar-refractivity contribution in [3.05, 3.63) is 87.8 Å². The molecule has 54 heavy (non-hydrogen) atoms. The van der Waals surface area contributed by atoms with E-state index in [0.29, 0.717) is 46.2 Å². The number of carbonyl (C=O) groups is 3. The molecule has 2 aliphatic heterocycles. The number of Topliss-reactive ketones (excluding diaryl/α,β-unsaturated/α-hetero) is 1. The lowest BCUT2D eigenvalue weighted by molar-refractivity contribution is -0.138. The normalized spacial score (nSPS) is 22.8. The smallest absolute Gasteiger partial charge is 0.248 e. The number of nitrogens with zero attached hydrogens (tertiary/aromatic N) is 7. The largest absolute Gasteiger partial charge is 0.477 e. The van der Waals surface area contributed by atoms with Gasteiger partial charge in [0.1, 0.15) is 34.5 Å². The molecule has 0 radical (unpaired) electrons. The van der Waals surface area contributed by atoms with Crippen LogP contribution in [0.1, 0.15) is 79.1 Å². The average Bonchev–Trinajstić information content (AvgIpc) is 3.40. The minimum atomic E-state index is -0.769. The van der Waals surface area contributed by atoms with Crippen LogP contribution in [0.25, 0.3) is 22.0 Å². The van der Waals surface area contributed by atoms with Gasteiger partial charge >= 0.3 is 0 Å². The number of halogens is 1. The minimum absolute atomic E-state index is 0.0852. The number of anilines is 1. The van der Waals surface area contributed by atoms with Crippen LogP contribution in [-0.4, -0.2) is 70.9 Å². The van der Waals surface area contributed by atoms with Crippen molar-refractivity contribution in [1.29, 1.82) is 0 Å². The second kappa shape index (κ2) is 14.3. The van der Waals surface area contributed by atoms with Crippen molar-refractivity contribution in [3.63, 3.8) is 0 Å². The molecule has 5 aromatic rings. The van der Waals surface area contributed by atoms with Gasteiger partial charge in [-0.3, -0.25) is 19.1 Å². The fourth-order valence-corrected chi connectivity index (χ4v) is 8.86. The van der Waals surface area contributed by atoms with Crippen LogP contribution in [0.3, 0.4) is 0 Å². The van der Waals surface area contributed by atoms with Gasteiger partial charge in [0.05, 0.1) is 12.1 Å². The quantitative estimate of drug-likeness (QED) is 0.153. The van der Waals surface area contributed by atoms with Gasteiger partial charge in [0, 0.05) is 53.5 Å². The second-order valence-corrected chi connectivity index (χ2v) is 15.9. The fourth-order valence-electron chi connectivity index (χ4n) is 8.55. The number of benzene rings is 1. The minimum Gasteiger partial charge on any atom is -0.477 e. The topological polar surface area (TPSA) is 145 Å². The summed E-state index contributed by atoms with van der Waals surface area (Å²) in [6, 6.07) is 12.7. The predicted molar refractivity (Wildman–Crippen MR) is 207 cm³/mol. The number of ketones is 1. The zero-order valence-corrected chi connectivity index (χ0v) is 32.5. The van der Waals surface area contributed by atoms with Gasteiger partial charge in [-0.05, 0) is 109 Å². The maximum atomic E-state index is 14.8. The summed E-state index contributed by atoms with van der Waals surface area (Å²) in [5.74, 6) is 1.00. The van der Waals surface area contributed by atoms with Gasteiger partial charge < -0.3 is 15.0 Å². The van der Waals surface area contributed by atoms with Crippen molar-refractivity contribution in [2.24, 2.45) is 11.3 Å². The number of rotatable bonds is 4. The standard InChI is InChI=1S/C41H43BrN8O4/c1-23-14-15-33(42)46-39(23)47-40(53)32-18-41-22-54-34-13-9-12-30(45-34)11-8-6-5-7-10-27-16-28(29-19-43-26(4)44-20-29)17-31-36(25(3)51)48-49(37(27)31)21-35(52)50(32)38(41)24(41)2/h9,12-17,19-20,24,32,38H,5-8,10-11,18,21-22H2,1-4H3,(H,46,47,53)/t24-,32-,38?,41+/m0/s1. The van der Waals surface area contributed by atoms with Crippen LogP contribution in [0, 0.1) is 25.2 Å². The maximum Gasteiger partial charge on any atom is 0.248 e. The first-order valence-electron chi connectivity index (χ1n) is 18.7. The third-order valence-electron chi connectivity index (χ3n) is 11.5. The SMILES string of the molecule is CC(=O)c1nn2c3c(cc(-c4cnc(C)nc4)cc13)CCCCCCc1cccc(n1)OC[C@@]13C[C@@H](C(=O)Nc4nc(Br)ccc4C)N(C(=O)C2)C1[C@@H]3C. The number of hydrogen-bond acceptors (Lipinski definition) is 9. The van der Waals surface area contributed by atoms with Gasteiger partial charge in [0.15, 0.2) is 5.78 Å². The molecule has 1 N–H and O–H groups in total. The number of carbonyl (C=O) groups excluding carboxylic acids is 3. The molecule has 1 aromatic carbocycles. The molecule has 4 aromatic heterocycles. The first-order chi connectivity index (χ1) is 26.0. The first kappa shape index (κ1) is 36.0. The van der Waals surface area contributed by atoms with Crippen LogP contribution in [-0.2, 0) is 29.0 Å². The zero-order valence-electron chi connectivity index (χ0n) is 30.9. The fraction of sp³-hybridized carbons (Fsp3) is 0.415. The molecule has 3 aliphatic rings. The van der Waals surface area contributed by atoms with Crippen LogP contribution < -0.4 is 10.1 Å². The van der Waals surface area contributed by atoms with Crippen LogP contribution in [0.5, 0.6) is 5.88 Å². The maximum absolute atomic E-state index is 14.8. The Labute approximate surface area is 322 Å². The third kappa shape index (κ3) is 6.67. The second-order valence-electron chi connectivity index (χ2n) is 15.1. The van der Waals surface area contributed by atoms with Crippen molar-refractivity contribution < 1.29 is 19.1 Å². The summed E-state index contributed by atoms with van der Waals surface area (Å²) in [6.07, 6.45) is 9.52. The first-order valence-corrected chi connectivity index (χ1v) is 19.5. The molecule has 12 nitrogen and oxygen atoms in total. The van der Waals surface area contributed by atoms with Crippen LogP contribution in [0.4, 0.5) is 5.82 Å². The Kier molecular flexibility index (Phi) is 9.53. The Balaban J connectivity index is 1.21. The molecule has 1 aliphatic carbocycles. The summed E-state index contributed by atoms with van der Waals surface area (Å²) in [7, 11) is 0. The summed E-state index contributed by atoms with van der Waals surface area (Å²) < 4.78 is 8.67. The molecule has 1 saturated heterocycles. The number of nitrogens with one attached hydrogen (secondary N) is 1. The van der Waals surface area contributed by atoms with E-state index < -0.39 is 11.5 Å². The number of ether oxygens (including phenoxy) is 1. The number of amides is 2. The highest BCUT2D eigenvalue weighted by Crippen LogP contribution is 2.64. The number of piperidine rings is 1. The van der Waals surface area contributed by atoms with E-state index in [1.54, 1.807) is 22.0 Å². The van der Waals surface area contributed by atoms with Crippen LogP contribution >= 0.6 is 15.9 Å². The monoisotopic (exact) mass is 790 g/mol. The third-order valence-corrected chi connectivity index (χ3v) is 12.0. The van der Waals surface area contributed by atoms with Crippen molar-refractivity contribution in [3.8, 4) is 17.0 Å². The van der Waals surface area contributed by atoms with Crippen LogP contribution in [0.2, 0.25) is 0 Å². The number of fused-ring (bicyclic) bond motifs is 2. The van der Waals surface area contributed by atoms with Crippen molar-refractivity contribution in [2.45, 2.75) is 91.3 Å². The molecule has 278 valence electrons. The van der Waals surface area contributed by atoms with E-state index in [1.807, 2.05) is 50.2 Å². The van der Waals surface area contributed by atoms with E-state index in [0.717, 1.165) is 72.0 Å². The molecule has 1 saturated carbocycles. The Hall–Kier alpha value is -5.04. The molecule has 13 heteroatoms. The van der Waals surface area contributed by atoms with E-state index in [-0.39, 0.29) is 36.1 Å². The molecular formula is C41H43BrN8O4. The van der Waals surface area contributed by atoms with E-state index >= 15 is 0 Å². The lowest BCUT2D eigenvalue weighted by atomic mass is 9.96. The highest BCUT2D eigenvalue weighted by molar-refractivity contribution is 9.10. The van der Waals surface area contributed by atoms with E-state index in [9.17, 15) is 14.4 Å². The van der Waals surface area contributed by atoms with Gasteiger partial charge in [-0.2, -0.15) is 5.10 Å². The molecule has 1 unspecified atom stereocenters.